The summed E-state index contributed by atoms with van der Waals surface area (Å²) in [6.45, 7) is 3.59. The zero-order chi connectivity index (χ0) is 16.5. The maximum Gasteiger partial charge on any atom is 0.254 e. The van der Waals surface area contributed by atoms with Crippen LogP contribution in [0.1, 0.15) is 33.2 Å². The lowest BCUT2D eigenvalue weighted by Crippen LogP contribution is -2.42. The van der Waals surface area contributed by atoms with Crippen molar-refractivity contribution in [2.45, 2.75) is 19.5 Å². The summed E-state index contributed by atoms with van der Waals surface area (Å²) in [4.78, 5) is 15.1. The van der Waals surface area contributed by atoms with Crippen molar-refractivity contribution in [3.05, 3.63) is 95.3 Å². The van der Waals surface area contributed by atoms with Crippen LogP contribution in [0.2, 0.25) is 0 Å². The molecule has 2 aromatic carbocycles. The standard InChI is InChI=1S/C21H20N2O/c1-16-9-11-18(12-10-16)21(24)23-15-14-22-13-5-8-19(22)20(23)17-6-3-2-4-7-17/h2-13,20H,14-15H2,1H3/t20-/m1/s1. The SMILES string of the molecule is Cc1ccc(C(=O)N2CCn3cccc3[C@H]2c2ccccc2)cc1. The average molecular weight is 316 g/mol. The van der Waals surface area contributed by atoms with Crippen LogP contribution >= 0.6 is 0 Å². The summed E-state index contributed by atoms with van der Waals surface area (Å²) in [5.74, 6) is 0.0938. The van der Waals surface area contributed by atoms with Crippen molar-refractivity contribution in [3.63, 3.8) is 0 Å². The first-order chi connectivity index (χ1) is 11.7. The number of aryl methyl sites for hydroxylation is 1. The minimum absolute atomic E-state index is 0.0382. The van der Waals surface area contributed by atoms with Crippen LogP contribution in [0.15, 0.2) is 72.9 Å². The predicted octanol–water partition coefficient (Wildman–Crippen LogP) is 4.04. The molecule has 1 atom stereocenters. The number of rotatable bonds is 2. The van der Waals surface area contributed by atoms with Gasteiger partial charge in [0.15, 0.2) is 0 Å². The average Bonchev–Trinajstić information content (AvgIpc) is 3.10. The molecule has 0 N–H and O–H groups in total. The van der Waals surface area contributed by atoms with Crippen LogP contribution in [-0.2, 0) is 6.54 Å². The molecule has 3 nitrogen and oxygen atoms in total. The monoisotopic (exact) mass is 316 g/mol. The third kappa shape index (κ3) is 2.52. The van der Waals surface area contributed by atoms with Crippen LogP contribution in [0.4, 0.5) is 0 Å². The summed E-state index contributed by atoms with van der Waals surface area (Å²) in [7, 11) is 0. The van der Waals surface area contributed by atoms with Crippen molar-refractivity contribution in [2.24, 2.45) is 0 Å². The lowest BCUT2D eigenvalue weighted by Gasteiger charge is -2.37. The highest BCUT2D eigenvalue weighted by Crippen LogP contribution is 2.33. The van der Waals surface area contributed by atoms with Gasteiger partial charge in [-0.2, -0.15) is 0 Å². The first-order valence-electron chi connectivity index (χ1n) is 8.31. The topological polar surface area (TPSA) is 25.2 Å². The molecule has 1 aliphatic rings. The van der Waals surface area contributed by atoms with Crippen molar-refractivity contribution in [1.29, 1.82) is 0 Å². The Bertz CT molecular complexity index is 849. The highest BCUT2D eigenvalue weighted by Gasteiger charge is 2.32. The van der Waals surface area contributed by atoms with E-state index in [4.69, 9.17) is 0 Å². The summed E-state index contributed by atoms with van der Waals surface area (Å²) in [6.07, 6.45) is 2.10. The summed E-state index contributed by atoms with van der Waals surface area (Å²) >= 11 is 0. The number of nitrogens with zero attached hydrogens (tertiary/aromatic N) is 2. The Kier molecular flexibility index (Phi) is 3.69. The van der Waals surface area contributed by atoms with Crippen molar-refractivity contribution in [3.8, 4) is 0 Å². The molecule has 0 spiro atoms. The zero-order valence-corrected chi connectivity index (χ0v) is 13.7. The van der Waals surface area contributed by atoms with Crippen LogP contribution in [0, 0.1) is 6.92 Å². The zero-order valence-electron chi connectivity index (χ0n) is 13.7. The summed E-state index contributed by atoms with van der Waals surface area (Å²) in [5.41, 5.74) is 4.24. The molecule has 3 aromatic rings. The highest BCUT2D eigenvalue weighted by molar-refractivity contribution is 5.94. The minimum atomic E-state index is -0.0382. The van der Waals surface area contributed by atoms with Gasteiger partial charge in [0, 0.05) is 30.5 Å². The van der Waals surface area contributed by atoms with Gasteiger partial charge >= 0.3 is 0 Å². The lowest BCUT2D eigenvalue weighted by molar-refractivity contribution is 0.0664. The fourth-order valence-electron chi connectivity index (χ4n) is 3.45. The van der Waals surface area contributed by atoms with Gasteiger partial charge in [-0.25, -0.2) is 0 Å². The number of benzene rings is 2. The third-order valence-corrected chi connectivity index (χ3v) is 4.71. The molecule has 120 valence electrons. The van der Waals surface area contributed by atoms with Crippen LogP contribution in [0.25, 0.3) is 0 Å². The number of carbonyl (C=O) groups excluding carboxylic acids is 1. The van der Waals surface area contributed by atoms with E-state index in [9.17, 15) is 4.79 Å². The van der Waals surface area contributed by atoms with E-state index in [1.54, 1.807) is 0 Å². The minimum Gasteiger partial charge on any atom is -0.348 e. The van der Waals surface area contributed by atoms with E-state index in [1.807, 2.05) is 54.3 Å². The molecule has 1 aromatic heterocycles. The molecule has 0 radical (unpaired) electrons. The van der Waals surface area contributed by atoms with E-state index in [0.29, 0.717) is 6.54 Å². The summed E-state index contributed by atoms with van der Waals surface area (Å²) < 4.78 is 2.25. The Morgan fingerprint density at radius 1 is 0.917 bits per heavy atom. The molecule has 0 saturated heterocycles. The van der Waals surface area contributed by atoms with Crippen LogP contribution in [0.3, 0.4) is 0 Å². The first kappa shape index (κ1) is 14.8. The second kappa shape index (κ2) is 6.00. The normalized spacial score (nSPS) is 16.7. The maximum absolute atomic E-state index is 13.1. The van der Waals surface area contributed by atoms with E-state index in [2.05, 4.69) is 35.0 Å². The number of fused-ring (bicyclic) bond motifs is 1. The number of amides is 1. The van der Waals surface area contributed by atoms with Gasteiger partial charge in [0.2, 0.25) is 0 Å². The molecule has 3 heteroatoms. The van der Waals surface area contributed by atoms with Crippen molar-refractivity contribution >= 4 is 5.91 Å². The molecule has 4 rings (SSSR count). The number of hydrogen-bond acceptors (Lipinski definition) is 1. The fraction of sp³-hybridized carbons (Fsp3) is 0.190. The van der Waals surface area contributed by atoms with Crippen molar-refractivity contribution < 1.29 is 4.79 Å². The predicted molar refractivity (Wildman–Crippen MR) is 94.9 cm³/mol. The Morgan fingerprint density at radius 3 is 2.42 bits per heavy atom. The molecule has 0 bridgehead atoms. The van der Waals surface area contributed by atoms with Gasteiger partial charge in [0.25, 0.3) is 5.91 Å². The first-order valence-corrected chi connectivity index (χ1v) is 8.31. The summed E-state index contributed by atoms with van der Waals surface area (Å²) in [6, 6.07) is 22.3. The van der Waals surface area contributed by atoms with E-state index in [-0.39, 0.29) is 11.9 Å². The van der Waals surface area contributed by atoms with E-state index >= 15 is 0 Å². The molecule has 24 heavy (non-hydrogen) atoms. The Hall–Kier alpha value is -2.81. The van der Waals surface area contributed by atoms with Gasteiger partial charge in [-0.05, 0) is 36.8 Å². The second-order valence-electron chi connectivity index (χ2n) is 6.30. The van der Waals surface area contributed by atoms with E-state index in [0.717, 1.165) is 17.7 Å². The maximum atomic E-state index is 13.1. The molecule has 0 unspecified atom stereocenters. The number of hydrogen-bond donors (Lipinski definition) is 0. The van der Waals surface area contributed by atoms with E-state index in [1.165, 1.54) is 11.3 Å². The fourth-order valence-corrected chi connectivity index (χ4v) is 3.45. The van der Waals surface area contributed by atoms with Gasteiger partial charge in [0.1, 0.15) is 0 Å². The quantitative estimate of drug-likeness (QED) is 0.700. The Labute approximate surface area is 142 Å². The third-order valence-electron chi connectivity index (χ3n) is 4.71. The van der Waals surface area contributed by atoms with Gasteiger partial charge in [0.05, 0.1) is 6.04 Å². The molecule has 1 amide bonds. The molecule has 0 saturated carbocycles. The Balaban J connectivity index is 1.76. The highest BCUT2D eigenvalue weighted by atomic mass is 16.2. The largest absolute Gasteiger partial charge is 0.348 e. The smallest absolute Gasteiger partial charge is 0.254 e. The van der Waals surface area contributed by atoms with Crippen LogP contribution < -0.4 is 0 Å². The van der Waals surface area contributed by atoms with Crippen molar-refractivity contribution in [1.82, 2.24) is 9.47 Å². The lowest BCUT2D eigenvalue weighted by atomic mass is 9.99. The summed E-state index contributed by atoms with van der Waals surface area (Å²) in [5, 5.41) is 0. The van der Waals surface area contributed by atoms with Crippen LogP contribution in [-0.4, -0.2) is 21.9 Å². The number of carbonyl (C=O) groups is 1. The molecule has 0 fully saturated rings. The molecule has 2 heterocycles. The second-order valence-corrected chi connectivity index (χ2v) is 6.30. The van der Waals surface area contributed by atoms with Gasteiger partial charge in [-0.3, -0.25) is 4.79 Å². The molecular weight excluding hydrogens is 296 g/mol. The Morgan fingerprint density at radius 2 is 1.67 bits per heavy atom. The number of aromatic nitrogens is 1. The van der Waals surface area contributed by atoms with Gasteiger partial charge in [-0.1, -0.05) is 48.0 Å². The van der Waals surface area contributed by atoms with Gasteiger partial charge in [-0.15, -0.1) is 0 Å². The van der Waals surface area contributed by atoms with Crippen molar-refractivity contribution in [2.75, 3.05) is 6.54 Å². The molecular formula is C21H20N2O. The van der Waals surface area contributed by atoms with Crippen LogP contribution in [0.5, 0.6) is 0 Å². The van der Waals surface area contributed by atoms with E-state index < -0.39 is 0 Å². The molecule has 1 aliphatic heterocycles. The molecule has 0 aliphatic carbocycles. The van der Waals surface area contributed by atoms with Gasteiger partial charge < -0.3 is 9.47 Å².